The first-order chi connectivity index (χ1) is 12.9. The normalized spacial score (nSPS) is 22.3. The molecule has 2 aromatic rings. The predicted molar refractivity (Wildman–Crippen MR) is 92.4 cm³/mol. The van der Waals surface area contributed by atoms with Gasteiger partial charge in [0, 0.05) is 18.9 Å². The lowest BCUT2D eigenvalue weighted by atomic mass is 9.81. The molecule has 0 bridgehead atoms. The third-order valence-electron chi connectivity index (χ3n) is 5.06. The molecule has 0 amide bonds. The molecule has 10 nitrogen and oxygen atoms in total. The van der Waals surface area contributed by atoms with Gasteiger partial charge in [0.1, 0.15) is 35.3 Å². The van der Waals surface area contributed by atoms with Gasteiger partial charge in [-0.2, -0.15) is 5.10 Å². The van der Waals surface area contributed by atoms with E-state index in [0.717, 1.165) is 5.82 Å². The van der Waals surface area contributed by atoms with E-state index in [9.17, 15) is 25.1 Å². The van der Waals surface area contributed by atoms with Gasteiger partial charge >= 0.3 is 13.1 Å². The summed E-state index contributed by atoms with van der Waals surface area (Å²) in [5, 5.41) is 45.0. The first-order valence-corrected chi connectivity index (χ1v) is 8.62. The number of aromatic nitrogens is 3. The van der Waals surface area contributed by atoms with Gasteiger partial charge in [0.2, 0.25) is 0 Å². The Labute approximate surface area is 154 Å². The minimum absolute atomic E-state index is 0.106. The van der Waals surface area contributed by atoms with Crippen molar-refractivity contribution in [3.05, 3.63) is 35.4 Å². The maximum absolute atomic E-state index is 11.6. The fourth-order valence-corrected chi connectivity index (χ4v) is 3.52. The number of likely N-dealkylation sites (tertiary alicyclic amines) is 1. The van der Waals surface area contributed by atoms with Crippen LogP contribution in [0.4, 0.5) is 0 Å². The number of carbonyl (C=O) groups is 1. The molecule has 11 heteroatoms. The zero-order valence-electron chi connectivity index (χ0n) is 14.3. The number of ether oxygens (including phenoxy) is 1. The van der Waals surface area contributed by atoms with Gasteiger partial charge in [-0.05, 0) is 24.0 Å². The Kier molecular flexibility index (Phi) is 4.50. The predicted octanol–water partition coefficient (Wildman–Crippen LogP) is -0.198. The summed E-state index contributed by atoms with van der Waals surface area (Å²) >= 11 is 0. The molecule has 2 atom stereocenters. The Morgan fingerprint density at radius 2 is 2.15 bits per heavy atom. The lowest BCUT2D eigenvalue weighted by molar-refractivity contribution is 0.0120. The number of benzene rings is 1. The average molecular weight is 374 g/mol. The van der Waals surface area contributed by atoms with Crippen LogP contribution in [0, 0.1) is 0 Å². The Bertz CT molecular complexity index is 840. The lowest BCUT2D eigenvalue weighted by Gasteiger charge is -2.38. The van der Waals surface area contributed by atoms with Crippen molar-refractivity contribution in [2.24, 2.45) is 0 Å². The molecule has 2 fully saturated rings. The SMILES string of the molecule is O=C(O)c1c(OC2CN(Cc3ncn[nH]3)C2)ccc([C@H]2C[C@H]2B(O)O)c1O. The van der Waals surface area contributed by atoms with Crippen LogP contribution in [0.5, 0.6) is 11.5 Å². The van der Waals surface area contributed by atoms with Crippen molar-refractivity contribution in [2.75, 3.05) is 13.1 Å². The quantitative estimate of drug-likeness (QED) is 0.415. The van der Waals surface area contributed by atoms with Crippen molar-refractivity contribution in [3.63, 3.8) is 0 Å². The molecule has 5 N–H and O–H groups in total. The number of carboxylic acid groups (broad SMARTS) is 1. The molecular weight excluding hydrogens is 355 g/mol. The van der Waals surface area contributed by atoms with E-state index in [1.165, 1.54) is 12.4 Å². The summed E-state index contributed by atoms with van der Waals surface area (Å²) in [5.74, 6) is -1.46. The molecule has 2 aliphatic rings. The van der Waals surface area contributed by atoms with E-state index >= 15 is 0 Å². The second-order valence-electron chi connectivity index (χ2n) is 6.97. The van der Waals surface area contributed by atoms with E-state index in [1.807, 2.05) is 0 Å². The Morgan fingerprint density at radius 3 is 2.74 bits per heavy atom. The highest BCUT2D eigenvalue weighted by molar-refractivity contribution is 6.44. The first-order valence-electron chi connectivity index (χ1n) is 8.62. The summed E-state index contributed by atoms with van der Waals surface area (Å²) in [7, 11) is -1.48. The summed E-state index contributed by atoms with van der Waals surface area (Å²) in [6.45, 7) is 1.80. The molecule has 4 rings (SSSR count). The topological polar surface area (TPSA) is 152 Å². The maximum Gasteiger partial charge on any atom is 0.455 e. The van der Waals surface area contributed by atoms with Crippen molar-refractivity contribution >= 4 is 13.1 Å². The second kappa shape index (κ2) is 6.84. The Morgan fingerprint density at radius 1 is 1.37 bits per heavy atom. The van der Waals surface area contributed by atoms with Gasteiger partial charge in [-0.3, -0.25) is 10.00 Å². The largest absolute Gasteiger partial charge is 0.507 e. The van der Waals surface area contributed by atoms with Crippen LogP contribution in [-0.2, 0) is 6.54 Å². The number of phenols is 1. The molecule has 1 aromatic heterocycles. The zero-order valence-corrected chi connectivity index (χ0v) is 14.3. The van der Waals surface area contributed by atoms with Crippen molar-refractivity contribution in [1.29, 1.82) is 0 Å². The third kappa shape index (κ3) is 3.48. The molecule has 1 aliphatic heterocycles. The molecule has 27 heavy (non-hydrogen) atoms. The second-order valence-corrected chi connectivity index (χ2v) is 6.97. The van der Waals surface area contributed by atoms with Gasteiger partial charge in [-0.15, -0.1) is 0 Å². The molecule has 1 saturated carbocycles. The van der Waals surface area contributed by atoms with Gasteiger partial charge < -0.3 is 25.0 Å². The minimum atomic E-state index is -1.48. The fourth-order valence-electron chi connectivity index (χ4n) is 3.52. The number of nitrogens with one attached hydrogen (secondary N) is 1. The standard InChI is InChI=1S/C16H19BN4O6/c22-15-9(10-3-11(10)17(25)26)1-2-12(14(15)16(23)24)27-8-4-21(5-8)6-13-18-7-19-20-13/h1-2,7-8,10-11,22,25-26H,3-6H2,(H,23,24)(H,18,19,20)/t10-,11-/m1/s1. The number of nitrogens with zero attached hydrogens (tertiary/aromatic N) is 3. The van der Waals surface area contributed by atoms with Crippen molar-refractivity contribution in [2.45, 2.75) is 30.8 Å². The molecule has 1 saturated heterocycles. The highest BCUT2D eigenvalue weighted by Gasteiger charge is 2.48. The van der Waals surface area contributed by atoms with Crippen LogP contribution in [0.3, 0.4) is 0 Å². The molecule has 1 aromatic carbocycles. The third-order valence-corrected chi connectivity index (χ3v) is 5.06. The van der Waals surface area contributed by atoms with E-state index in [2.05, 4.69) is 20.1 Å². The van der Waals surface area contributed by atoms with E-state index in [0.29, 0.717) is 31.6 Å². The Hall–Kier alpha value is -2.63. The van der Waals surface area contributed by atoms with E-state index in [-0.39, 0.29) is 34.9 Å². The Balaban J connectivity index is 1.44. The monoisotopic (exact) mass is 374 g/mol. The van der Waals surface area contributed by atoms with E-state index < -0.39 is 13.1 Å². The highest BCUT2D eigenvalue weighted by Crippen LogP contribution is 2.56. The number of carboxylic acids is 1. The van der Waals surface area contributed by atoms with Crippen LogP contribution in [0.25, 0.3) is 0 Å². The van der Waals surface area contributed by atoms with E-state index in [1.54, 1.807) is 6.07 Å². The van der Waals surface area contributed by atoms with Gasteiger partial charge in [0.05, 0.1) is 6.54 Å². The van der Waals surface area contributed by atoms with Crippen molar-refractivity contribution in [3.8, 4) is 11.5 Å². The lowest BCUT2D eigenvalue weighted by Crippen LogP contribution is -2.53. The van der Waals surface area contributed by atoms with Crippen molar-refractivity contribution in [1.82, 2.24) is 20.1 Å². The summed E-state index contributed by atoms with van der Waals surface area (Å²) in [5.41, 5.74) is 0.109. The van der Waals surface area contributed by atoms with Crippen LogP contribution in [0.2, 0.25) is 5.82 Å². The number of aromatic hydroxyl groups is 1. The zero-order chi connectivity index (χ0) is 19.1. The molecule has 1 aliphatic carbocycles. The number of hydrogen-bond donors (Lipinski definition) is 5. The smallest absolute Gasteiger partial charge is 0.455 e. The minimum Gasteiger partial charge on any atom is -0.507 e. The van der Waals surface area contributed by atoms with Gasteiger partial charge in [0.25, 0.3) is 0 Å². The molecule has 0 unspecified atom stereocenters. The van der Waals surface area contributed by atoms with Gasteiger partial charge in [-0.25, -0.2) is 9.78 Å². The van der Waals surface area contributed by atoms with E-state index in [4.69, 9.17) is 4.74 Å². The molecule has 0 radical (unpaired) electrons. The maximum atomic E-state index is 11.6. The molecular formula is C16H19BN4O6. The van der Waals surface area contributed by atoms with Crippen LogP contribution in [0.1, 0.15) is 34.1 Å². The number of hydrogen-bond acceptors (Lipinski definition) is 8. The van der Waals surface area contributed by atoms with Crippen LogP contribution < -0.4 is 4.74 Å². The fraction of sp³-hybridized carbons (Fsp3) is 0.438. The summed E-state index contributed by atoms with van der Waals surface area (Å²) in [4.78, 5) is 17.8. The van der Waals surface area contributed by atoms with Crippen LogP contribution in [-0.4, -0.2) is 72.6 Å². The average Bonchev–Trinajstić information content (AvgIpc) is 3.20. The summed E-state index contributed by atoms with van der Waals surface area (Å²) < 4.78 is 5.77. The van der Waals surface area contributed by atoms with Crippen molar-refractivity contribution < 1.29 is 29.8 Å². The molecule has 142 valence electrons. The number of aromatic amines is 1. The number of H-pyrrole nitrogens is 1. The molecule has 0 spiro atoms. The molecule has 2 heterocycles. The van der Waals surface area contributed by atoms with Crippen LogP contribution in [0.15, 0.2) is 18.5 Å². The summed E-state index contributed by atoms with van der Waals surface area (Å²) in [6, 6.07) is 3.12. The van der Waals surface area contributed by atoms with Gasteiger partial charge in [-0.1, -0.05) is 6.07 Å². The first kappa shape index (κ1) is 17.8. The van der Waals surface area contributed by atoms with Gasteiger partial charge in [0.15, 0.2) is 0 Å². The number of rotatable bonds is 7. The number of aromatic carboxylic acids is 1. The van der Waals surface area contributed by atoms with Crippen LogP contribution >= 0.6 is 0 Å². The highest BCUT2D eigenvalue weighted by atomic mass is 16.5. The summed E-state index contributed by atoms with van der Waals surface area (Å²) in [6.07, 6.45) is 1.74.